The van der Waals surface area contributed by atoms with E-state index in [0.717, 1.165) is 12.3 Å². The van der Waals surface area contributed by atoms with Crippen LogP contribution in [0.25, 0.3) is 0 Å². The lowest BCUT2D eigenvalue weighted by atomic mass is 10.3. The number of carboxylic acids is 1. The molecule has 0 saturated carbocycles. The normalized spacial score (nSPS) is 11.2. The highest BCUT2D eigenvalue weighted by Gasteiger charge is 2.26. The molecule has 0 saturated heterocycles. The molecule has 8 heteroatoms. The SMILES string of the molecule is O=C(O)c1ccnnc1OCCCC(F)(F)F. The van der Waals surface area contributed by atoms with E-state index in [1.165, 1.54) is 0 Å². The van der Waals surface area contributed by atoms with Crippen LogP contribution in [-0.4, -0.2) is 34.1 Å². The van der Waals surface area contributed by atoms with Crippen LogP contribution in [0.3, 0.4) is 0 Å². The summed E-state index contributed by atoms with van der Waals surface area (Å²) in [6, 6.07) is 1.16. The van der Waals surface area contributed by atoms with Gasteiger partial charge in [-0.2, -0.15) is 18.3 Å². The Hall–Kier alpha value is -1.86. The number of alkyl halides is 3. The lowest BCUT2D eigenvalue weighted by molar-refractivity contribution is -0.136. The molecule has 1 N–H and O–H groups in total. The molecule has 0 aliphatic heterocycles. The topological polar surface area (TPSA) is 72.3 Å². The van der Waals surface area contributed by atoms with Crippen LogP contribution >= 0.6 is 0 Å². The first kappa shape index (κ1) is 13.2. The summed E-state index contributed by atoms with van der Waals surface area (Å²) in [5, 5.41) is 15.5. The zero-order valence-corrected chi connectivity index (χ0v) is 8.57. The maximum atomic E-state index is 11.8. The van der Waals surface area contributed by atoms with Gasteiger partial charge in [0.15, 0.2) is 0 Å². The number of hydrogen-bond acceptors (Lipinski definition) is 4. The predicted molar refractivity (Wildman–Crippen MR) is 49.8 cm³/mol. The van der Waals surface area contributed by atoms with Crippen LogP contribution < -0.4 is 4.74 Å². The van der Waals surface area contributed by atoms with Gasteiger partial charge in [-0.15, -0.1) is 5.10 Å². The number of hydrogen-bond donors (Lipinski definition) is 1. The molecule has 0 fully saturated rings. The average Bonchev–Trinajstić information content (AvgIpc) is 2.23. The Kier molecular flexibility index (Phi) is 4.24. The van der Waals surface area contributed by atoms with Crippen molar-refractivity contribution in [3.63, 3.8) is 0 Å². The van der Waals surface area contributed by atoms with Crippen molar-refractivity contribution in [3.8, 4) is 5.88 Å². The summed E-state index contributed by atoms with van der Waals surface area (Å²) in [5.74, 6) is -1.55. The number of carbonyl (C=O) groups is 1. The standard InChI is InChI=1S/C9H9F3N2O3/c10-9(11,12)3-1-5-17-7-6(8(15)16)2-4-13-14-7/h2,4H,1,3,5H2,(H,15,16). The average molecular weight is 250 g/mol. The van der Waals surface area contributed by atoms with Crippen molar-refractivity contribution in [1.29, 1.82) is 0 Å². The number of ether oxygens (including phenoxy) is 1. The number of carboxylic acid groups (broad SMARTS) is 1. The van der Waals surface area contributed by atoms with E-state index in [9.17, 15) is 18.0 Å². The molecule has 94 valence electrons. The summed E-state index contributed by atoms with van der Waals surface area (Å²) in [7, 11) is 0. The van der Waals surface area contributed by atoms with Crippen molar-refractivity contribution in [1.82, 2.24) is 10.2 Å². The zero-order chi connectivity index (χ0) is 12.9. The van der Waals surface area contributed by atoms with E-state index < -0.39 is 18.6 Å². The van der Waals surface area contributed by atoms with Gasteiger partial charge in [0.25, 0.3) is 0 Å². The summed E-state index contributed by atoms with van der Waals surface area (Å²) >= 11 is 0. The maximum absolute atomic E-state index is 11.8. The van der Waals surface area contributed by atoms with Crippen molar-refractivity contribution in [2.45, 2.75) is 19.0 Å². The fourth-order valence-electron chi connectivity index (χ4n) is 1.03. The van der Waals surface area contributed by atoms with Crippen molar-refractivity contribution in [2.24, 2.45) is 0 Å². The van der Waals surface area contributed by atoms with Crippen molar-refractivity contribution in [3.05, 3.63) is 17.8 Å². The van der Waals surface area contributed by atoms with Crippen LogP contribution in [0.1, 0.15) is 23.2 Å². The molecule has 5 nitrogen and oxygen atoms in total. The fourth-order valence-corrected chi connectivity index (χ4v) is 1.03. The van der Waals surface area contributed by atoms with E-state index in [-0.39, 0.29) is 24.5 Å². The molecule has 1 rings (SSSR count). The van der Waals surface area contributed by atoms with Crippen LogP contribution in [0.2, 0.25) is 0 Å². The highest BCUT2D eigenvalue weighted by molar-refractivity contribution is 5.89. The van der Waals surface area contributed by atoms with Gasteiger partial charge in [0.2, 0.25) is 5.88 Å². The van der Waals surface area contributed by atoms with E-state index in [4.69, 9.17) is 9.84 Å². The lowest BCUT2D eigenvalue weighted by Crippen LogP contribution is -2.11. The maximum Gasteiger partial charge on any atom is 0.389 e. The van der Waals surface area contributed by atoms with Crippen LogP contribution in [-0.2, 0) is 0 Å². The van der Waals surface area contributed by atoms with E-state index in [1.807, 2.05) is 0 Å². The Balaban J connectivity index is 2.49. The fraction of sp³-hybridized carbons (Fsp3) is 0.444. The molecule has 0 aromatic carbocycles. The first-order valence-electron chi connectivity index (χ1n) is 4.64. The Morgan fingerprint density at radius 1 is 1.47 bits per heavy atom. The molecule has 1 aromatic heterocycles. The van der Waals surface area contributed by atoms with E-state index >= 15 is 0 Å². The molecule has 1 aromatic rings. The number of aromatic carboxylic acids is 1. The third-order valence-corrected chi connectivity index (χ3v) is 1.76. The van der Waals surface area contributed by atoms with Gasteiger partial charge in [-0.05, 0) is 12.5 Å². The Labute approximate surface area is 94.2 Å². The molecule has 0 radical (unpaired) electrons. The van der Waals surface area contributed by atoms with Gasteiger partial charge in [0, 0.05) is 6.42 Å². The van der Waals surface area contributed by atoms with E-state index in [2.05, 4.69) is 10.2 Å². The van der Waals surface area contributed by atoms with Gasteiger partial charge >= 0.3 is 12.1 Å². The Morgan fingerprint density at radius 2 is 2.18 bits per heavy atom. The summed E-state index contributed by atoms with van der Waals surface area (Å²) < 4.78 is 40.3. The molecule has 0 aliphatic carbocycles. The summed E-state index contributed by atoms with van der Waals surface area (Å²) in [6.45, 7) is -0.265. The monoisotopic (exact) mass is 250 g/mol. The molecule has 1 heterocycles. The minimum atomic E-state index is -4.25. The molecule has 0 aliphatic rings. The highest BCUT2D eigenvalue weighted by Crippen LogP contribution is 2.21. The van der Waals surface area contributed by atoms with Crippen molar-refractivity contribution < 1.29 is 27.8 Å². The molecule has 0 unspecified atom stereocenters. The second kappa shape index (κ2) is 5.46. The van der Waals surface area contributed by atoms with Gasteiger partial charge in [-0.1, -0.05) is 0 Å². The largest absolute Gasteiger partial charge is 0.477 e. The van der Waals surface area contributed by atoms with Gasteiger partial charge in [0.05, 0.1) is 12.8 Å². The number of aromatic nitrogens is 2. The third kappa shape index (κ3) is 4.66. The van der Waals surface area contributed by atoms with Gasteiger partial charge in [-0.3, -0.25) is 0 Å². The van der Waals surface area contributed by atoms with Crippen LogP contribution in [0.5, 0.6) is 5.88 Å². The smallest absolute Gasteiger partial charge is 0.389 e. The highest BCUT2D eigenvalue weighted by atomic mass is 19.4. The summed E-state index contributed by atoms with van der Waals surface area (Å²) in [6.07, 6.45) is -4.35. The molecule has 0 spiro atoms. The molecule has 0 atom stereocenters. The van der Waals surface area contributed by atoms with E-state index in [1.54, 1.807) is 0 Å². The van der Waals surface area contributed by atoms with Crippen LogP contribution in [0, 0.1) is 0 Å². The zero-order valence-electron chi connectivity index (χ0n) is 8.57. The van der Waals surface area contributed by atoms with Gasteiger partial charge in [-0.25, -0.2) is 4.79 Å². The third-order valence-electron chi connectivity index (χ3n) is 1.76. The van der Waals surface area contributed by atoms with E-state index in [0.29, 0.717) is 0 Å². The van der Waals surface area contributed by atoms with Gasteiger partial charge in [0.1, 0.15) is 5.56 Å². The Bertz CT molecular complexity index is 395. The summed E-state index contributed by atoms with van der Waals surface area (Å²) in [5.41, 5.74) is -0.230. The lowest BCUT2D eigenvalue weighted by Gasteiger charge is -2.08. The second-order valence-corrected chi connectivity index (χ2v) is 3.12. The predicted octanol–water partition coefficient (Wildman–Crippen LogP) is 1.90. The quantitative estimate of drug-likeness (QED) is 0.808. The van der Waals surface area contributed by atoms with Crippen molar-refractivity contribution >= 4 is 5.97 Å². The molecular formula is C9H9F3N2O3. The Morgan fingerprint density at radius 3 is 2.76 bits per heavy atom. The van der Waals surface area contributed by atoms with Crippen LogP contribution in [0.15, 0.2) is 12.3 Å². The molecule has 0 bridgehead atoms. The molecule has 17 heavy (non-hydrogen) atoms. The number of rotatable bonds is 5. The molecule has 0 amide bonds. The summed E-state index contributed by atoms with van der Waals surface area (Å²) in [4.78, 5) is 10.7. The minimum absolute atomic E-state index is 0.230. The van der Waals surface area contributed by atoms with Crippen LogP contribution in [0.4, 0.5) is 13.2 Å². The minimum Gasteiger partial charge on any atom is -0.477 e. The number of nitrogens with zero attached hydrogens (tertiary/aromatic N) is 2. The second-order valence-electron chi connectivity index (χ2n) is 3.12. The first-order valence-corrected chi connectivity index (χ1v) is 4.64. The molecular weight excluding hydrogens is 241 g/mol. The van der Waals surface area contributed by atoms with Crippen molar-refractivity contribution in [2.75, 3.05) is 6.61 Å². The first-order chi connectivity index (χ1) is 7.90. The van der Waals surface area contributed by atoms with Gasteiger partial charge < -0.3 is 9.84 Å². The number of halogens is 3.